The third-order valence-electron chi connectivity index (χ3n) is 3.41. The van der Waals surface area contributed by atoms with E-state index in [4.69, 9.17) is 16.3 Å². The molecule has 2 aromatic carbocycles. The van der Waals surface area contributed by atoms with Gasteiger partial charge in [0.1, 0.15) is 12.2 Å². The summed E-state index contributed by atoms with van der Waals surface area (Å²) in [5, 5.41) is 5.99. The molecule has 0 aliphatic heterocycles. The molecule has 0 bridgehead atoms. The summed E-state index contributed by atoms with van der Waals surface area (Å²) in [6.45, 7) is 3.74. The first-order valence-corrected chi connectivity index (χ1v) is 7.77. The highest BCUT2D eigenvalue weighted by atomic mass is 35.5. The van der Waals surface area contributed by atoms with Gasteiger partial charge in [-0.25, -0.2) is 0 Å². The number of hydrogen-bond acceptors (Lipinski definition) is 3. The van der Waals surface area contributed by atoms with Gasteiger partial charge in [0.2, 0.25) is 11.8 Å². The van der Waals surface area contributed by atoms with Crippen molar-refractivity contribution in [3.8, 4) is 5.75 Å². The molecule has 0 unspecified atom stereocenters. The fourth-order valence-electron chi connectivity index (χ4n) is 2.22. The zero-order chi connectivity index (χ0) is 17.7. The number of carbonyl (C=O) groups excluding carboxylic acids is 2. The first-order valence-electron chi connectivity index (χ1n) is 7.39. The third-order valence-corrected chi connectivity index (χ3v) is 3.65. The lowest BCUT2D eigenvalue weighted by atomic mass is 10.2. The highest BCUT2D eigenvalue weighted by Crippen LogP contribution is 2.25. The fourth-order valence-corrected chi connectivity index (χ4v) is 2.45. The van der Waals surface area contributed by atoms with Gasteiger partial charge in [-0.15, -0.1) is 0 Å². The zero-order valence-electron chi connectivity index (χ0n) is 13.8. The van der Waals surface area contributed by atoms with E-state index in [2.05, 4.69) is 10.6 Å². The van der Waals surface area contributed by atoms with E-state index in [-0.39, 0.29) is 6.42 Å². The van der Waals surface area contributed by atoms with E-state index in [0.29, 0.717) is 22.1 Å². The van der Waals surface area contributed by atoms with Crippen LogP contribution < -0.4 is 15.4 Å². The standard InChI is InChI=1S/C18H19ClN2O3/c1-11-4-7-16(24-3)15(8-11)21-18(23)10-17(22)20-14-6-5-13(19)9-12(14)2/h4-9H,10H2,1-3H3,(H,20,22)(H,21,23). The molecule has 0 aliphatic carbocycles. The van der Waals surface area contributed by atoms with E-state index in [1.807, 2.05) is 19.9 Å². The topological polar surface area (TPSA) is 67.4 Å². The van der Waals surface area contributed by atoms with Crippen LogP contribution in [0.5, 0.6) is 5.75 Å². The number of benzene rings is 2. The summed E-state index contributed by atoms with van der Waals surface area (Å²) in [7, 11) is 1.52. The minimum Gasteiger partial charge on any atom is -0.495 e. The Labute approximate surface area is 146 Å². The highest BCUT2D eigenvalue weighted by molar-refractivity contribution is 6.30. The molecule has 0 radical (unpaired) electrons. The number of amides is 2. The monoisotopic (exact) mass is 346 g/mol. The normalized spacial score (nSPS) is 10.2. The van der Waals surface area contributed by atoms with Crippen molar-refractivity contribution in [3.63, 3.8) is 0 Å². The molecule has 2 rings (SSSR count). The van der Waals surface area contributed by atoms with Crippen LogP contribution in [0.15, 0.2) is 36.4 Å². The molecule has 0 heterocycles. The van der Waals surface area contributed by atoms with Gasteiger partial charge in [-0.05, 0) is 55.3 Å². The maximum Gasteiger partial charge on any atom is 0.233 e. The molecule has 0 spiro atoms. The van der Waals surface area contributed by atoms with Crippen molar-refractivity contribution >= 4 is 34.8 Å². The lowest BCUT2D eigenvalue weighted by Gasteiger charge is -2.12. The first-order chi connectivity index (χ1) is 11.4. The Morgan fingerprint density at radius 2 is 1.67 bits per heavy atom. The summed E-state index contributed by atoms with van der Waals surface area (Å²) in [5.74, 6) is -0.268. The van der Waals surface area contributed by atoms with Crippen LogP contribution in [0.25, 0.3) is 0 Å². The number of methoxy groups -OCH3 is 1. The molecule has 0 aromatic heterocycles. The molecule has 0 aliphatic rings. The van der Waals surface area contributed by atoms with E-state index in [1.54, 1.807) is 30.3 Å². The highest BCUT2D eigenvalue weighted by Gasteiger charge is 2.13. The van der Waals surface area contributed by atoms with Crippen molar-refractivity contribution in [2.75, 3.05) is 17.7 Å². The number of hydrogen-bond donors (Lipinski definition) is 2. The molecule has 24 heavy (non-hydrogen) atoms. The quantitative estimate of drug-likeness (QED) is 0.806. The van der Waals surface area contributed by atoms with Crippen molar-refractivity contribution in [2.24, 2.45) is 0 Å². The minimum atomic E-state index is -0.414. The van der Waals surface area contributed by atoms with Gasteiger partial charge in [-0.1, -0.05) is 17.7 Å². The van der Waals surface area contributed by atoms with Crippen LogP contribution in [0, 0.1) is 13.8 Å². The Bertz CT molecular complexity index is 775. The second kappa shape index (κ2) is 7.84. The first kappa shape index (κ1) is 17.8. The molecular formula is C18H19ClN2O3. The van der Waals surface area contributed by atoms with Crippen molar-refractivity contribution in [2.45, 2.75) is 20.3 Å². The summed E-state index contributed by atoms with van der Waals surface area (Å²) in [6.07, 6.45) is -0.292. The van der Waals surface area contributed by atoms with Gasteiger partial charge in [0, 0.05) is 10.7 Å². The maximum absolute atomic E-state index is 12.1. The molecular weight excluding hydrogens is 328 g/mol. The summed E-state index contributed by atoms with van der Waals surface area (Å²) >= 11 is 5.88. The maximum atomic E-state index is 12.1. The van der Waals surface area contributed by atoms with Crippen molar-refractivity contribution in [1.29, 1.82) is 0 Å². The SMILES string of the molecule is COc1ccc(C)cc1NC(=O)CC(=O)Nc1ccc(Cl)cc1C. The molecule has 0 saturated carbocycles. The van der Waals surface area contributed by atoms with Gasteiger partial charge in [-0.3, -0.25) is 9.59 Å². The largest absolute Gasteiger partial charge is 0.495 e. The smallest absolute Gasteiger partial charge is 0.233 e. The number of rotatable bonds is 5. The third kappa shape index (κ3) is 4.73. The second-order valence-corrected chi connectivity index (χ2v) is 5.87. The van der Waals surface area contributed by atoms with Crippen LogP contribution in [-0.4, -0.2) is 18.9 Å². The van der Waals surface area contributed by atoms with Gasteiger partial charge >= 0.3 is 0 Å². The van der Waals surface area contributed by atoms with Gasteiger partial charge in [0.25, 0.3) is 0 Å². The summed E-state index contributed by atoms with van der Waals surface area (Å²) in [5.41, 5.74) is 2.98. The Hall–Kier alpha value is -2.53. The van der Waals surface area contributed by atoms with Crippen LogP contribution in [0.3, 0.4) is 0 Å². The van der Waals surface area contributed by atoms with Crippen molar-refractivity contribution in [1.82, 2.24) is 0 Å². The zero-order valence-corrected chi connectivity index (χ0v) is 14.5. The van der Waals surface area contributed by atoms with Crippen LogP contribution in [0.2, 0.25) is 5.02 Å². The van der Waals surface area contributed by atoms with Crippen LogP contribution >= 0.6 is 11.6 Å². The van der Waals surface area contributed by atoms with Gasteiger partial charge in [0.15, 0.2) is 0 Å². The average Bonchev–Trinajstić information content (AvgIpc) is 2.50. The predicted molar refractivity (Wildman–Crippen MR) is 95.8 cm³/mol. The molecule has 2 N–H and O–H groups in total. The molecule has 0 atom stereocenters. The summed E-state index contributed by atoms with van der Waals surface area (Å²) in [4.78, 5) is 24.1. The number of ether oxygens (including phenoxy) is 1. The molecule has 0 saturated heterocycles. The molecule has 5 nitrogen and oxygen atoms in total. The lowest BCUT2D eigenvalue weighted by Crippen LogP contribution is -2.22. The van der Waals surface area contributed by atoms with Gasteiger partial charge < -0.3 is 15.4 Å². The summed E-state index contributed by atoms with van der Waals surface area (Å²) < 4.78 is 5.20. The van der Waals surface area contributed by atoms with E-state index in [1.165, 1.54) is 7.11 Å². The Morgan fingerprint density at radius 3 is 2.29 bits per heavy atom. The van der Waals surface area contributed by atoms with Crippen molar-refractivity contribution in [3.05, 3.63) is 52.5 Å². The minimum absolute atomic E-state index is 0.292. The molecule has 6 heteroatoms. The second-order valence-electron chi connectivity index (χ2n) is 5.44. The fraction of sp³-hybridized carbons (Fsp3) is 0.222. The molecule has 0 fully saturated rings. The van der Waals surface area contributed by atoms with E-state index in [0.717, 1.165) is 11.1 Å². The number of halogens is 1. The van der Waals surface area contributed by atoms with Crippen molar-refractivity contribution < 1.29 is 14.3 Å². The van der Waals surface area contributed by atoms with E-state index in [9.17, 15) is 9.59 Å². The number of nitrogens with one attached hydrogen (secondary N) is 2. The number of anilines is 2. The number of aryl methyl sites for hydroxylation is 2. The van der Waals surface area contributed by atoms with Crippen LogP contribution in [-0.2, 0) is 9.59 Å². The van der Waals surface area contributed by atoms with Gasteiger partial charge in [0.05, 0.1) is 12.8 Å². The Morgan fingerprint density at radius 1 is 1.00 bits per heavy atom. The lowest BCUT2D eigenvalue weighted by molar-refractivity contribution is -0.123. The molecule has 126 valence electrons. The number of carbonyl (C=O) groups is 2. The summed E-state index contributed by atoms with van der Waals surface area (Å²) in [6, 6.07) is 10.6. The van der Waals surface area contributed by atoms with E-state index < -0.39 is 11.8 Å². The van der Waals surface area contributed by atoms with Crippen LogP contribution in [0.4, 0.5) is 11.4 Å². The van der Waals surface area contributed by atoms with E-state index >= 15 is 0 Å². The molecule has 2 amide bonds. The molecule has 2 aromatic rings. The Balaban J connectivity index is 1.99. The average molecular weight is 347 g/mol. The predicted octanol–water partition coefficient (Wildman–Crippen LogP) is 3.93. The van der Waals surface area contributed by atoms with Gasteiger partial charge in [-0.2, -0.15) is 0 Å². The van der Waals surface area contributed by atoms with Crippen LogP contribution in [0.1, 0.15) is 17.5 Å². The Kier molecular flexibility index (Phi) is 5.82.